The summed E-state index contributed by atoms with van der Waals surface area (Å²) < 4.78 is 11.4. The minimum atomic E-state index is 0.123. The van der Waals surface area contributed by atoms with Gasteiger partial charge in [-0.3, -0.25) is 0 Å². The number of ether oxygens (including phenoxy) is 2. The lowest BCUT2D eigenvalue weighted by atomic mass is 9.93. The van der Waals surface area contributed by atoms with Gasteiger partial charge in [-0.2, -0.15) is 4.98 Å². The largest absolute Gasteiger partial charge is 0.496 e. The third kappa shape index (κ3) is 3.05. The van der Waals surface area contributed by atoms with E-state index in [0.29, 0.717) is 5.75 Å². The fourth-order valence-electron chi connectivity index (χ4n) is 2.50. The molecular weight excluding hydrogens is 280 g/mol. The first-order chi connectivity index (χ1) is 10.5. The van der Waals surface area contributed by atoms with Gasteiger partial charge < -0.3 is 20.9 Å². The standard InChI is InChI=1S/C16H22N4O2/c1-5-10-11(21-4)6-7-12(14(10)9(2)3)22-13-8-19-16(18)20-15(13)17/h6-9H,5H2,1-4H3,(H4,17,18,19,20). The molecule has 0 aliphatic rings. The molecule has 0 saturated heterocycles. The van der Waals surface area contributed by atoms with E-state index in [-0.39, 0.29) is 17.7 Å². The second kappa shape index (κ2) is 6.51. The number of hydrogen-bond acceptors (Lipinski definition) is 6. The highest BCUT2D eigenvalue weighted by Crippen LogP contribution is 2.39. The van der Waals surface area contributed by atoms with E-state index in [9.17, 15) is 0 Å². The Kier molecular flexibility index (Phi) is 4.70. The van der Waals surface area contributed by atoms with Gasteiger partial charge >= 0.3 is 0 Å². The highest BCUT2D eigenvalue weighted by molar-refractivity contribution is 5.54. The maximum Gasteiger partial charge on any atom is 0.222 e. The van der Waals surface area contributed by atoms with Gasteiger partial charge in [0.1, 0.15) is 11.5 Å². The van der Waals surface area contributed by atoms with Gasteiger partial charge in [0.15, 0.2) is 11.6 Å². The number of nitrogens with zero attached hydrogens (tertiary/aromatic N) is 2. The number of methoxy groups -OCH3 is 1. The Hall–Kier alpha value is -2.50. The third-order valence-corrected chi connectivity index (χ3v) is 3.45. The van der Waals surface area contributed by atoms with Crippen LogP contribution in [0.2, 0.25) is 0 Å². The first-order valence-electron chi connectivity index (χ1n) is 7.23. The molecule has 0 radical (unpaired) electrons. The maximum atomic E-state index is 5.94. The summed E-state index contributed by atoms with van der Waals surface area (Å²) >= 11 is 0. The van der Waals surface area contributed by atoms with E-state index in [1.54, 1.807) is 7.11 Å². The summed E-state index contributed by atoms with van der Waals surface area (Å²) in [6, 6.07) is 3.78. The third-order valence-electron chi connectivity index (χ3n) is 3.45. The van der Waals surface area contributed by atoms with Gasteiger partial charge in [-0.1, -0.05) is 20.8 Å². The molecule has 0 spiro atoms. The summed E-state index contributed by atoms with van der Waals surface area (Å²) in [6.07, 6.45) is 2.33. The molecule has 22 heavy (non-hydrogen) atoms. The summed E-state index contributed by atoms with van der Waals surface area (Å²) in [6.45, 7) is 6.32. The average molecular weight is 302 g/mol. The molecule has 0 amide bonds. The Morgan fingerprint density at radius 1 is 1.14 bits per heavy atom. The molecule has 0 aliphatic carbocycles. The normalized spacial score (nSPS) is 10.8. The number of hydrogen-bond donors (Lipinski definition) is 2. The molecule has 0 fully saturated rings. The van der Waals surface area contributed by atoms with Crippen LogP contribution < -0.4 is 20.9 Å². The molecule has 2 aromatic rings. The van der Waals surface area contributed by atoms with Gasteiger partial charge in [-0.15, -0.1) is 0 Å². The highest BCUT2D eigenvalue weighted by Gasteiger charge is 2.18. The molecule has 2 rings (SSSR count). The van der Waals surface area contributed by atoms with Crippen LogP contribution in [-0.2, 0) is 6.42 Å². The van der Waals surface area contributed by atoms with E-state index in [1.807, 2.05) is 12.1 Å². The van der Waals surface area contributed by atoms with E-state index in [0.717, 1.165) is 29.0 Å². The molecule has 0 saturated carbocycles. The molecule has 0 bridgehead atoms. The number of aromatic nitrogens is 2. The molecular formula is C16H22N4O2. The van der Waals surface area contributed by atoms with Crippen molar-refractivity contribution in [1.82, 2.24) is 9.97 Å². The van der Waals surface area contributed by atoms with Crippen LogP contribution in [0, 0.1) is 0 Å². The lowest BCUT2D eigenvalue weighted by Crippen LogP contribution is -2.05. The topological polar surface area (TPSA) is 96.3 Å². The van der Waals surface area contributed by atoms with Crippen molar-refractivity contribution in [2.75, 3.05) is 18.6 Å². The van der Waals surface area contributed by atoms with Crippen molar-refractivity contribution in [3.05, 3.63) is 29.5 Å². The van der Waals surface area contributed by atoms with Crippen LogP contribution in [0.4, 0.5) is 11.8 Å². The van der Waals surface area contributed by atoms with Gasteiger partial charge in [0.05, 0.1) is 13.3 Å². The van der Waals surface area contributed by atoms with Crippen molar-refractivity contribution in [2.24, 2.45) is 0 Å². The summed E-state index contributed by atoms with van der Waals surface area (Å²) in [5, 5.41) is 0. The monoisotopic (exact) mass is 302 g/mol. The van der Waals surface area contributed by atoms with Crippen LogP contribution in [-0.4, -0.2) is 17.1 Å². The molecule has 6 nitrogen and oxygen atoms in total. The van der Waals surface area contributed by atoms with Crippen LogP contribution in [0.25, 0.3) is 0 Å². The van der Waals surface area contributed by atoms with Crippen LogP contribution in [0.5, 0.6) is 17.2 Å². The number of nitrogen functional groups attached to an aromatic ring is 2. The minimum Gasteiger partial charge on any atom is -0.496 e. The van der Waals surface area contributed by atoms with Gasteiger partial charge in [-0.25, -0.2) is 4.98 Å². The maximum absolute atomic E-state index is 5.94. The quantitative estimate of drug-likeness (QED) is 0.880. The van der Waals surface area contributed by atoms with Crippen molar-refractivity contribution in [3.63, 3.8) is 0 Å². The van der Waals surface area contributed by atoms with E-state index >= 15 is 0 Å². The summed E-state index contributed by atoms with van der Waals surface area (Å²) in [7, 11) is 1.67. The number of anilines is 2. The molecule has 4 N–H and O–H groups in total. The lowest BCUT2D eigenvalue weighted by molar-refractivity contribution is 0.405. The predicted octanol–water partition coefficient (Wildman–Crippen LogP) is 3.13. The Morgan fingerprint density at radius 3 is 2.36 bits per heavy atom. The molecule has 118 valence electrons. The molecule has 0 atom stereocenters. The Bertz CT molecular complexity index is 671. The zero-order valence-electron chi connectivity index (χ0n) is 13.4. The van der Waals surface area contributed by atoms with Crippen LogP contribution >= 0.6 is 0 Å². The van der Waals surface area contributed by atoms with Crippen LogP contribution in [0.3, 0.4) is 0 Å². The fraction of sp³-hybridized carbons (Fsp3) is 0.375. The Morgan fingerprint density at radius 2 is 1.82 bits per heavy atom. The fourth-order valence-corrected chi connectivity index (χ4v) is 2.50. The minimum absolute atomic E-state index is 0.123. The van der Waals surface area contributed by atoms with E-state index in [4.69, 9.17) is 20.9 Å². The van der Waals surface area contributed by atoms with Crippen molar-refractivity contribution in [1.29, 1.82) is 0 Å². The molecule has 6 heteroatoms. The second-order valence-electron chi connectivity index (χ2n) is 5.25. The molecule has 1 heterocycles. The number of benzene rings is 1. The number of rotatable bonds is 5. The molecule has 0 aliphatic heterocycles. The zero-order valence-corrected chi connectivity index (χ0v) is 13.4. The van der Waals surface area contributed by atoms with Crippen LogP contribution in [0.15, 0.2) is 18.3 Å². The molecule has 1 aromatic heterocycles. The van der Waals surface area contributed by atoms with Gasteiger partial charge in [0.25, 0.3) is 0 Å². The van der Waals surface area contributed by atoms with Crippen molar-refractivity contribution in [3.8, 4) is 17.2 Å². The summed E-state index contributed by atoms with van der Waals surface area (Å²) in [5.41, 5.74) is 13.6. The highest BCUT2D eigenvalue weighted by atomic mass is 16.5. The average Bonchev–Trinajstić information content (AvgIpc) is 2.49. The van der Waals surface area contributed by atoms with Gasteiger partial charge in [0.2, 0.25) is 5.95 Å². The first kappa shape index (κ1) is 15.9. The zero-order chi connectivity index (χ0) is 16.3. The number of nitrogens with two attached hydrogens (primary N) is 2. The van der Waals surface area contributed by atoms with E-state index in [1.165, 1.54) is 6.20 Å². The van der Waals surface area contributed by atoms with E-state index in [2.05, 4.69) is 30.7 Å². The van der Waals surface area contributed by atoms with Crippen molar-refractivity contribution < 1.29 is 9.47 Å². The predicted molar refractivity (Wildman–Crippen MR) is 87.4 cm³/mol. The summed E-state index contributed by atoms with van der Waals surface area (Å²) in [5.74, 6) is 2.60. The molecule has 1 aromatic carbocycles. The van der Waals surface area contributed by atoms with Gasteiger partial charge in [-0.05, 0) is 24.5 Å². The molecule has 0 unspecified atom stereocenters. The van der Waals surface area contributed by atoms with E-state index < -0.39 is 0 Å². The van der Waals surface area contributed by atoms with Crippen molar-refractivity contribution >= 4 is 11.8 Å². The first-order valence-corrected chi connectivity index (χ1v) is 7.23. The SMILES string of the molecule is CCc1c(OC)ccc(Oc2cnc(N)nc2N)c1C(C)C. The van der Waals surface area contributed by atoms with Gasteiger partial charge in [0, 0.05) is 11.1 Å². The Balaban J connectivity index is 2.50. The summed E-state index contributed by atoms with van der Waals surface area (Å²) in [4.78, 5) is 7.84. The van der Waals surface area contributed by atoms with Crippen molar-refractivity contribution in [2.45, 2.75) is 33.1 Å². The lowest BCUT2D eigenvalue weighted by Gasteiger charge is -2.20. The second-order valence-corrected chi connectivity index (χ2v) is 5.25. The smallest absolute Gasteiger partial charge is 0.222 e. The van der Waals surface area contributed by atoms with Crippen LogP contribution in [0.1, 0.15) is 37.8 Å². The Labute approximate surface area is 130 Å².